The highest BCUT2D eigenvalue weighted by atomic mass is 19.1. The zero-order chi connectivity index (χ0) is 7.72. The smallest absolute Gasteiger partial charge is 0.189 e. The number of aliphatic hydroxyl groups is 2. The Labute approximate surface area is 58.4 Å². The van der Waals surface area contributed by atoms with Crippen molar-refractivity contribution in [2.24, 2.45) is 0 Å². The van der Waals surface area contributed by atoms with Gasteiger partial charge in [-0.15, -0.1) is 0 Å². The molecule has 60 valence electrons. The summed E-state index contributed by atoms with van der Waals surface area (Å²) in [4.78, 5) is 0. The van der Waals surface area contributed by atoms with Crippen molar-refractivity contribution in [1.29, 1.82) is 0 Å². The Morgan fingerprint density at radius 3 is 2.30 bits per heavy atom. The maximum absolute atomic E-state index is 12.5. The third-order valence-corrected chi connectivity index (χ3v) is 1.70. The van der Waals surface area contributed by atoms with Gasteiger partial charge in [-0.1, -0.05) is 6.92 Å². The van der Waals surface area contributed by atoms with E-state index in [0.717, 1.165) is 0 Å². The summed E-state index contributed by atoms with van der Waals surface area (Å²) >= 11 is 0. The molecule has 1 saturated heterocycles. The Bertz CT molecular complexity index is 120. The van der Waals surface area contributed by atoms with E-state index in [1.54, 1.807) is 6.92 Å². The van der Waals surface area contributed by atoms with E-state index in [4.69, 9.17) is 10.2 Å². The first-order valence-corrected chi connectivity index (χ1v) is 3.32. The molecule has 2 unspecified atom stereocenters. The van der Waals surface area contributed by atoms with Gasteiger partial charge in [0.1, 0.15) is 6.10 Å². The molecule has 1 fully saturated rings. The van der Waals surface area contributed by atoms with Crippen molar-refractivity contribution in [1.82, 2.24) is 0 Å². The first kappa shape index (κ1) is 7.91. The lowest BCUT2D eigenvalue weighted by Gasteiger charge is -2.09. The minimum Gasteiger partial charge on any atom is -0.387 e. The third-order valence-electron chi connectivity index (χ3n) is 1.70. The zero-order valence-corrected chi connectivity index (χ0v) is 5.70. The molecule has 4 heteroatoms. The summed E-state index contributed by atoms with van der Waals surface area (Å²) in [6.07, 6.45) is -4.30. The van der Waals surface area contributed by atoms with E-state index in [2.05, 4.69) is 4.74 Å². The van der Waals surface area contributed by atoms with Crippen molar-refractivity contribution < 1.29 is 19.3 Å². The molecular formula is C6H11FO3. The number of aliphatic hydroxyl groups excluding tert-OH is 2. The second kappa shape index (κ2) is 2.82. The zero-order valence-electron chi connectivity index (χ0n) is 5.70. The molecule has 1 heterocycles. The molecule has 0 aliphatic carbocycles. The van der Waals surface area contributed by atoms with Crippen LogP contribution in [0.5, 0.6) is 0 Å². The maximum atomic E-state index is 12.5. The van der Waals surface area contributed by atoms with Crippen LogP contribution in [0, 0.1) is 0 Å². The summed E-state index contributed by atoms with van der Waals surface area (Å²) in [5.74, 6) is 0. The minimum atomic E-state index is -1.65. The molecule has 3 nitrogen and oxygen atoms in total. The van der Waals surface area contributed by atoms with E-state index in [-0.39, 0.29) is 0 Å². The Kier molecular flexibility index (Phi) is 2.23. The maximum Gasteiger partial charge on any atom is 0.189 e. The van der Waals surface area contributed by atoms with Gasteiger partial charge in [0.2, 0.25) is 0 Å². The summed E-state index contributed by atoms with van der Waals surface area (Å²) in [6.45, 7) is 1.76. The predicted molar refractivity (Wildman–Crippen MR) is 32.1 cm³/mol. The van der Waals surface area contributed by atoms with Crippen LogP contribution in [0.3, 0.4) is 0 Å². The van der Waals surface area contributed by atoms with Crippen LogP contribution in [0.4, 0.5) is 4.39 Å². The molecule has 2 N–H and O–H groups in total. The Balaban J connectivity index is 2.53. The van der Waals surface area contributed by atoms with E-state index in [1.807, 2.05) is 0 Å². The monoisotopic (exact) mass is 150 g/mol. The van der Waals surface area contributed by atoms with E-state index in [1.165, 1.54) is 0 Å². The van der Waals surface area contributed by atoms with Gasteiger partial charge < -0.3 is 14.9 Å². The average molecular weight is 150 g/mol. The lowest BCUT2D eigenvalue weighted by Crippen LogP contribution is -2.28. The molecule has 0 aromatic rings. The fourth-order valence-electron chi connectivity index (χ4n) is 1.05. The van der Waals surface area contributed by atoms with Crippen molar-refractivity contribution >= 4 is 0 Å². The quantitative estimate of drug-likeness (QED) is 0.544. The number of halogens is 1. The molecule has 0 aromatic carbocycles. The first-order chi connectivity index (χ1) is 4.66. The van der Waals surface area contributed by atoms with Crippen LogP contribution >= 0.6 is 0 Å². The molecule has 10 heavy (non-hydrogen) atoms. The summed E-state index contributed by atoms with van der Waals surface area (Å²) < 4.78 is 17.2. The van der Waals surface area contributed by atoms with E-state index in [9.17, 15) is 4.39 Å². The van der Waals surface area contributed by atoms with Gasteiger partial charge >= 0.3 is 0 Å². The standard InChI is InChI=1S/C6H11FO3/c1-2-3-5(8)4(7)6(9)10-3/h3-6,8-9H,2H2,1H3/t3-,4?,5+,6?/m1/s1. The van der Waals surface area contributed by atoms with Crippen molar-refractivity contribution in [3.05, 3.63) is 0 Å². The van der Waals surface area contributed by atoms with Crippen molar-refractivity contribution in [2.45, 2.75) is 38.0 Å². The van der Waals surface area contributed by atoms with Gasteiger partial charge in [-0.3, -0.25) is 0 Å². The first-order valence-electron chi connectivity index (χ1n) is 3.32. The highest BCUT2D eigenvalue weighted by Gasteiger charge is 2.41. The molecule has 0 amide bonds. The summed E-state index contributed by atoms with van der Waals surface area (Å²) in [7, 11) is 0. The fraction of sp³-hybridized carbons (Fsp3) is 1.00. The van der Waals surface area contributed by atoms with Crippen LogP contribution in [0.15, 0.2) is 0 Å². The van der Waals surface area contributed by atoms with Crippen LogP contribution in [0.1, 0.15) is 13.3 Å². The van der Waals surface area contributed by atoms with Gasteiger partial charge in [-0.05, 0) is 6.42 Å². The number of ether oxygens (including phenoxy) is 1. The lowest BCUT2D eigenvalue weighted by molar-refractivity contribution is -0.112. The molecule has 1 aliphatic heterocycles. The molecule has 1 rings (SSSR count). The van der Waals surface area contributed by atoms with Gasteiger partial charge in [0.15, 0.2) is 12.5 Å². The number of hydrogen-bond acceptors (Lipinski definition) is 3. The van der Waals surface area contributed by atoms with Gasteiger partial charge in [0.05, 0.1) is 6.10 Å². The van der Waals surface area contributed by atoms with Crippen LogP contribution in [-0.4, -0.2) is 34.9 Å². The molecule has 0 bridgehead atoms. The third kappa shape index (κ3) is 1.14. The van der Waals surface area contributed by atoms with Gasteiger partial charge in [-0.25, -0.2) is 4.39 Å². The average Bonchev–Trinajstić information content (AvgIpc) is 2.17. The number of rotatable bonds is 1. The van der Waals surface area contributed by atoms with Crippen LogP contribution < -0.4 is 0 Å². The molecule has 1 aliphatic rings. The Hall–Kier alpha value is -0.190. The summed E-state index contributed by atoms with van der Waals surface area (Å²) in [5, 5.41) is 17.7. The van der Waals surface area contributed by atoms with Crippen LogP contribution in [0.2, 0.25) is 0 Å². The SMILES string of the molecule is CC[C@H]1OC(O)C(F)[C@H]1O. The lowest BCUT2D eigenvalue weighted by atomic mass is 10.1. The van der Waals surface area contributed by atoms with Crippen LogP contribution in [0.25, 0.3) is 0 Å². The topological polar surface area (TPSA) is 49.7 Å². The normalized spacial score (nSPS) is 48.0. The molecule has 4 atom stereocenters. The largest absolute Gasteiger partial charge is 0.387 e. The summed E-state index contributed by atoms with van der Waals surface area (Å²) in [6, 6.07) is 0. The van der Waals surface area contributed by atoms with Crippen molar-refractivity contribution in [2.75, 3.05) is 0 Å². The second-order valence-electron chi connectivity index (χ2n) is 2.41. The highest BCUT2D eigenvalue weighted by molar-refractivity contribution is 4.84. The van der Waals surface area contributed by atoms with Crippen LogP contribution in [-0.2, 0) is 4.74 Å². The van der Waals surface area contributed by atoms with E-state index < -0.39 is 24.7 Å². The molecule has 0 aromatic heterocycles. The molecule has 0 saturated carbocycles. The molecular weight excluding hydrogens is 139 g/mol. The van der Waals surface area contributed by atoms with Gasteiger partial charge in [0, 0.05) is 0 Å². The molecule has 0 radical (unpaired) electrons. The van der Waals surface area contributed by atoms with Crippen molar-refractivity contribution in [3.8, 4) is 0 Å². The van der Waals surface area contributed by atoms with Crippen molar-refractivity contribution in [3.63, 3.8) is 0 Å². The van der Waals surface area contributed by atoms with E-state index >= 15 is 0 Å². The fourth-order valence-corrected chi connectivity index (χ4v) is 1.05. The Morgan fingerprint density at radius 2 is 2.10 bits per heavy atom. The predicted octanol–water partition coefficient (Wildman–Crippen LogP) is -0.187. The van der Waals surface area contributed by atoms with E-state index in [0.29, 0.717) is 6.42 Å². The number of hydrogen-bond donors (Lipinski definition) is 2. The van der Waals surface area contributed by atoms with Gasteiger partial charge in [-0.2, -0.15) is 0 Å². The number of alkyl halides is 1. The Morgan fingerprint density at radius 1 is 1.50 bits per heavy atom. The van der Waals surface area contributed by atoms with Gasteiger partial charge in [0.25, 0.3) is 0 Å². The second-order valence-corrected chi connectivity index (χ2v) is 2.41. The molecule has 0 spiro atoms. The highest BCUT2D eigenvalue weighted by Crippen LogP contribution is 2.23. The minimum absolute atomic E-state index is 0.513. The summed E-state index contributed by atoms with van der Waals surface area (Å²) in [5.41, 5.74) is 0.